The highest BCUT2D eigenvalue weighted by Gasteiger charge is 2.16. The molecule has 0 aliphatic carbocycles. The van der Waals surface area contributed by atoms with Gasteiger partial charge in [-0.25, -0.2) is 0 Å². The first-order chi connectivity index (χ1) is 10.3. The van der Waals surface area contributed by atoms with Crippen molar-refractivity contribution in [1.82, 2.24) is 15.1 Å². The smallest absolute Gasteiger partial charge is 0.262 e. The van der Waals surface area contributed by atoms with E-state index < -0.39 is 0 Å². The first-order valence-electron chi connectivity index (χ1n) is 6.49. The van der Waals surface area contributed by atoms with Crippen molar-refractivity contribution in [2.75, 3.05) is 6.61 Å². The molecule has 0 amide bonds. The average Bonchev–Trinajstić information content (AvgIpc) is 2.98. The van der Waals surface area contributed by atoms with Crippen molar-refractivity contribution in [3.05, 3.63) is 42.7 Å². The normalized spacial score (nSPS) is 10.5. The zero-order chi connectivity index (χ0) is 14.7. The minimum atomic E-state index is -0.00852. The number of aromatic hydroxyl groups is 1. The van der Waals surface area contributed by atoms with Crippen molar-refractivity contribution in [3.63, 3.8) is 0 Å². The van der Waals surface area contributed by atoms with Gasteiger partial charge in [0, 0.05) is 6.20 Å². The van der Waals surface area contributed by atoms with E-state index in [1.165, 1.54) is 6.20 Å². The van der Waals surface area contributed by atoms with Gasteiger partial charge >= 0.3 is 0 Å². The van der Waals surface area contributed by atoms with Crippen LogP contribution in [0.15, 0.2) is 47.2 Å². The van der Waals surface area contributed by atoms with Crippen molar-refractivity contribution < 1.29 is 14.4 Å². The van der Waals surface area contributed by atoms with Gasteiger partial charge in [-0.2, -0.15) is 4.98 Å². The fourth-order valence-corrected chi connectivity index (χ4v) is 1.94. The predicted molar refractivity (Wildman–Crippen MR) is 75.8 cm³/mol. The summed E-state index contributed by atoms with van der Waals surface area (Å²) in [5.41, 5.74) is 1.18. The Bertz CT molecular complexity index is 755. The SMILES string of the molecule is CCOc1ccccc1-c1noc(-c2ccncc2O)n1. The maximum absolute atomic E-state index is 9.77. The predicted octanol–water partition coefficient (Wildman–Crippen LogP) is 2.90. The topological polar surface area (TPSA) is 81.3 Å². The molecule has 0 saturated heterocycles. The number of hydrogen-bond donors (Lipinski definition) is 1. The number of pyridine rings is 1. The number of ether oxygens (including phenoxy) is 1. The molecule has 0 bridgehead atoms. The first kappa shape index (κ1) is 13.1. The molecule has 106 valence electrons. The zero-order valence-corrected chi connectivity index (χ0v) is 11.4. The van der Waals surface area contributed by atoms with Crippen LogP contribution >= 0.6 is 0 Å². The second-order valence-electron chi connectivity index (χ2n) is 4.25. The van der Waals surface area contributed by atoms with Gasteiger partial charge in [-0.15, -0.1) is 0 Å². The maximum atomic E-state index is 9.77. The molecule has 0 aliphatic heterocycles. The number of benzene rings is 1. The van der Waals surface area contributed by atoms with Crippen molar-refractivity contribution in [3.8, 4) is 34.3 Å². The van der Waals surface area contributed by atoms with Crippen LogP contribution in [0.1, 0.15) is 6.92 Å². The van der Waals surface area contributed by atoms with Crippen molar-refractivity contribution >= 4 is 0 Å². The van der Waals surface area contributed by atoms with Crippen LogP contribution in [0.4, 0.5) is 0 Å². The molecule has 0 atom stereocenters. The molecular formula is C15H13N3O3. The molecule has 1 aromatic carbocycles. The molecule has 3 aromatic rings. The fraction of sp³-hybridized carbons (Fsp3) is 0.133. The molecule has 0 saturated carbocycles. The minimum absolute atomic E-state index is 0.00852. The van der Waals surface area contributed by atoms with Gasteiger partial charge in [0.2, 0.25) is 5.82 Å². The lowest BCUT2D eigenvalue weighted by atomic mass is 10.2. The van der Waals surface area contributed by atoms with Crippen LogP contribution in [0.25, 0.3) is 22.8 Å². The van der Waals surface area contributed by atoms with E-state index in [9.17, 15) is 5.11 Å². The summed E-state index contributed by atoms with van der Waals surface area (Å²) in [4.78, 5) is 8.12. The minimum Gasteiger partial charge on any atom is -0.505 e. The second-order valence-corrected chi connectivity index (χ2v) is 4.25. The summed E-state index contributed by atoms with van der Waals surface area (Å²) in [6.07, 6.45) is 2.88. The summed E-state index contributed by atoms with van der Waals surface area (Å²) in [6, 6.07) is 9.06. The molecule has 0 spiro atoms. The Hall–Kier alpha value is -2.89. The molecular weight excluding hydrogens is 270 g/mol. The summed E-state index contributed by atoms with van der Waals surface area (Å²) in [7, 11) is 0. The Morgan fingerprint density at radius 2 is 2.05 bits per heavy atom. The molecule has 1 N–H and O–H groups in total. The highest BCUT2D eigenvalue weighted by Crippen LogP contribution is 2.31. The molecule has 0 radical (unpaired) electrons. The molecule has 3 rings (SSSR count). The number of para-hydroxylation sites is 1. The lowest BCUT2D eigenvalue weighted by Crippen LogP contribution is -1.94. The molecule has 6 nitrogen and oxygen atoms in total. The Kier molecular flexibility index (Phi) is 3.51. The Labute approximate surface area is 121 Å². The van der Waals surface area contributed by atoms with E-state index in [1.807, 2.05) is 31.2 Å². The van der Waals surface area contributed by atoms with E-state index in [2.05, 4.69) is 15.1 Å². The van der Waals surface area contributed by atoms with Crippen LogP contribution < -0.4 is 4.74 Å². The molecule has 0 fully saturated rings. The van der Waals surface area contributed by atoms with Crippen LogP contribution in [0.2, 0.25) is 0 Å². The quantitative estimate of drug-likeness (QED) is 0.792. The molecule has 2 aromatic heterocycles. The highest BCUT2D eigenvalue weighted by atomic mass is 16.5. The molecule has 6 heteroatoms. The molecule has 21 heavy (non-hydrogen) atoms. The summed E-state index contributed by atoms with van der Waals surface area (Å²) in [5.74, 6) is 1.32. The average molecular weight is 283 g/mol. The highest BCUT2D eigenvalue weighted by molar-refractivity contribution is 5.67. The van der Waals surface area contributed by atoms with Gasteiger partial charge < -0.3 is 14.4 Å². The second kappa shape index (κ2) is 5.62. The number of aromatic nitrogens is 3. The Balaban J connectivity index is 2.01. The Morgan fingerprint density at radius 1 is 1.19 bits per heavy atom. The zero-order valence-electron chi connectivity index (χ0n) is 11.4. The van der Waals surface area contributed by atoms with Gasteiger partial charge in [-0.3, -0.25) is 4.98 Å². The van der Waals surface area contributed by atoms with Crippen LogP contribution in [-0.4, -0.2) is 26.8 Å². The third-order valence-corrected chi connectivity index (χ3v) is 2.88. The monoisotopic (exact) mass is 283 g/mol. The summed E-state index contributed by atoms with van der Waals surface area (Å²) in [6.45, 7) is 2.46. The maximum Gasteiger partial charge on any atom is 0.262 e. The van der Waals surface area contributed by atoms with E-state index >= 15 is 0 Å². The van der Waals surface area contributed by atoms with Gasteiger partial charge in [-0.05, 0) is 25.1 Å². The van der Waals surface area contributed by atoms with E-state index in [4.69, 9.17) is 9.26 Å². The van der Waals surface area contributed by atoms with Crippen molar-refractivity contribution in [1.29, 1.82) is 0 Å². The standard InChI is InChI=1S/C15H13N3O3/c1-2-20-13-6-4-3-5-11(13)14-17-15(21-18-14)10-7-8-16-9-12(10)19/h3-9,19H,2H2,1H3. The molecule has 0 unspecified atom stereocenters. The largest absolute Gasteiger partial charge is 0.505 e. The van der Waals surface area contributed by atoms with Crippen LogP contribution in [0.3, 0.4) is 0 Å². The summed E-state index contributed by atoms with van der Waals surface area (Å²) < 4.78 is 10.8. The lowest BCUT2D eigenvalue weighted by Gasteiger charge is -2.06. The summed E-state index contributed by atoms with van der Waals surface area (Å²) in [5, 5.41) is 13.7. The Morgan fingerprint density at radius 3 is 2.86 bits per heavy atom. The number of rotatable bonds is 4. The van der Waals surface area contributed by atoms with Gasteiger partial charge in [0.25, 0.3) is 5.89 Å². The van der Waals surface area contributed by atoms with E-state index in [1.54, 1.807) is 12.3 Å². The van der Waals surface area contributed by atoms with Gasteiger partial charge in [0.05, 0.1) is 23.9 Å². The van der Waals surface area contributed by atoms with Crippen LogP contribution in [0, 0.1) is 0 Å². The summed E-state index contributed by atoms with van der Waals surface area (Å²) >= 11 is 0. The van der Waals surface area contributed by atoms with Crippen LogP contribution in [-0.2, 0) is 0 Å². The third-order valence-electron chi connectivity index (χ3n) is 2.88. The third kappa shape index (κ3) is 2.55. The molecule has 2 heterocycles. The number of nitrogens with zero attached hydrogens (tertiary/aromatic N) is 3. The van der Waals surface area contributed by atoms with Crippen LogP contribution in [0.5, 0.6) is 11.5 Å². The van der Waals surface area contributed by atoms with Crippen molar-refractivity contribution in [2.24, 2.45) is 0 Å². The molecule has 0 aliphatic rings. The van der Waals surface area contributed by atoms with Gasteiger partial charge in [0.1, 0.15) is 11.5 Å². The van der Waals surface area contributed by atoms with Gasteiger partial charge in [0.15, 0.2) is 0 Å². The van der Waals surface area contributed by atoms with Gasteiger partial charge in [-0.1, -0.05) is 17.3 Å². The lowest BCUT2D eigenvalue weighted by molar-refractivity contribution is 0.341. The first-order valence-corrected chi connectivity index (χ1v) is 6.49. The fourth-order valence-electron chi connectivity index (χ4n) is 1.94. The van der Waals surface area contributed by atoms with E-state index in [0.29, 0.717) is 23.7 Å². The number of hydrogen-bond acceptors (Lipinski definition) is 6. The van der Waals surface area contributed by atoms with E-state index in [0.717, 1.165) is 5.56 Å². The van der Waals surface area contributed by atoms with E-state index in [-0.39, 0.29) is 11.6 Å². The van der Waals surface area contributed by atoms with Crippen molar-refractivity contribution in [2.45, 2.75) is 6.92 Å².